The molecule has 3 nitrogen and oxygen atoms in total. The van der Waals surface area contributed by atoms with Crippen LogP contribution in [0.25, 0.3) is 0 Å². The van der Waals surface area contributed by atoms with Gasteiger partial charge in [0.2, 0.25) is 0 Å². The number of nitrogens with two attached hydrogens (primary N) is 1. The van der Waals surface area contributed by atoms with Gasteiger partial charge in [-0.3, -0.25) is 0 Å². The molecule has 0 aliphatic rings. The maximum absolute atomic E-state index is 13.2. The molecule has 0 radical (unpaired) electrons. The molecule has 4 heteroatoms. The summed E-state index contributed by atoms with van der Waals surface area (Å²) in [6.07, 6.45) is 1.68. The lowest BCUT2D eigenvalue weighted by Gasteiger charge is -2.08. The monoisotopic (exact) mass is 231 g/mol. The Kier molecular flexibility index (Phi) is 2.95. The lowest BCUT2D eigenvalue weighted by atomic mass is 10.2. The van der Waals surface area contributed by atoms with Crippen molar-refractivity contribution >= 4 is 17.2 Å². The standard InChI is InChI=1S/C13H14FN3/c1-8-3-10(14)5-11(4-8)17-13-6-12(15)9(2)7-16-13/h3-7H,1-2H3,(H3,15,16,17). The largest absolute Gasteiger partial charge is 0.398 e. The molecule has 0 bridgehead atoms. The first-order chi connectivity index (χ1) is 8.04. The summed E-state index contributed by atoms with van der Waals surface area (Å²) in [5.74, 6) is 0.339. The highest BCUT2D eigenvalue weighted by Crippen LogP contribution is 2.20. The van der Waals surface area contributed by atoms with E-state index in [9.17, 15) is 4.39 Å². The van der Waals surface area contributed by atoms with Crippen LogP contribution in [0.4, 0.5) is 21.6 Å². The molecule has 0 fully saturated rings. The number of halogens is 1. The molecule has 1 heterocycles. The first-order valence-corrected chi connectivity index (χ1v) is 5.31. The Balaban J connectivity index is 2.28. The molecule has 0 saturated carbocycles. The second kappa shape index (κ2) is 4.41. The van der Waals surface area contributed by atoms with Crippen LogP contribution in [0.15, 0.2) is 30.5 Å². The summed E-state index contributed by atoms with van der Waals surface area (Å²) in [6.45, 7) is 3.73. The zero-order valence-electron chi connectivity index (χ0n) is 9.79. The Bertz CT molecular complexity index is 532. The number of anilines is 3. The van der Waals surface area contributed by atoms with Gasteiger partial charge in [-0.15, -0.1) is 0 Å². The maximum Gasteiger partial charge on any atom is 0.132 e. The summed E-state index contributed by atoms with van der Waals surface area (Å²) in [4.78, 5) is 4.18. The molecule has 0 saturated heterocycles. The molecular formula is C13H14FN3. The molecule has 0 aliphatic heterocycles. The van der Waals surface area contributed by atoms with Gasteiger partial charge in [0.25, 0.3) is 0 Å². The molecule has 0 unspecified atom stereocenters. The highest BCUT2D eigenvalue weighted by atomic mass is 19.1. The zero-order valence-corrected chi connectivity index (χ0v) is 9.79. The average Bonchev–Trinajstić information content (AvgIpc) is 2.22. The minimum atomic E-state index is -0.271. The van der Waals surface area contributed by atoms with Gasteiger partial charge in [-0.2, -0.15) is 0 Å². The van der Waals surface area contributed by atoms with Gasteiger partial charge >= 0.3 is 0 Å². The second-order valence-electron chi connectivity index (χ2n) is 4.07. The zero-order chi connectivity index (χ0) is 12.4. The predicted octanol–water partition coefficient (Wildman–Crippen LogP) is 3.16. The van der Waals surface area contributed by atoms with Crippen molar-refractivity contribution in [1.82, 2.24) is 4.98 Å². The molecule has 0 aliphatic carbocycles. The van der Waals surface area contributed by atoms with Crippen molar-refractivity contribution in [2.24, 2.45) is 0 Å². The Hall–Kier alpha value is -2.10. The number of benzene rings is 1. The molecule has 0 spiro atoms. The van der Waals surface area contributed by atoms with E-state index in [4.69, 9.17) is 5.73 Å². The van der Waals surface area contributed by atoms with Crippen molar-refractivity contribution in [2.45, 2.75) is 13.8 Å². The van der Waals surface area contributed by atoms with Gasteiger partial charge < -0.3 is 11.1 Å². The summed E-state index contributed by atoms with van der Waals surface area (Å²) >= 11 is 0. The Labute approximate surface area is 99.5 Å². The molecule has 0 atom stereocenters. The van der Waals surface area contributed by atoms with Crippen LogP contribution in [0.3, 0.4) is 0 Å². The van der Waals surface area contributed by atoms with Crippen molar-refractivity contribution in [3.05, 3.63) is 47.4 Å². The maximum atomic E-state index is 13.2. The van der Waals surface area contributed by atoms with Crippen LogP contribution in [0, 0.1) is 19.7 Å². The number of nitrogens with zero attached hydrogens (tertiary/aromatic N) is 1. The molecule has 0 amide bonds. The topological polar surface area (TPSA) is 50.9 Å². The van der Waals surface area contributed by atoms with Gasteiger partial charge in [0.05, 0.1) is 0 Å². The van der Waals surface area contributed by atoms with Gasteiger partial charge in [0.15, 0.2) is 0 Å². The van der Waals surface area contributed by atoms with Gasteiger partial charge in [0, 0.05) is 23.6 Å². The summed E-state index contributed by atoms with van der Waals surface area (Å²) < 4.78 is 13.2. The van der Waals surface area contributed by atoms with E-state index >= 15 is 0 Å². The number of hydrogen-bond donors (Lipinski definition) is 2. The summed E-state index contributed by atoms with van der Waals surface area (Å²) in [5, 5.41) is 3.02. The molecule has 2 aromatic rings. The number of hydrogen-bond acceptors (Lipinski definition) is 3. The lowest BCUT2D eigenvalue weighted by molar-refractivity contribution is 0.627. The molecule has 1 aromatic heterocycles. The fraction of sp³-hybridized carbons (Fsp3) is 0.154. The quantitative estimate of drug-likeness (QED) is 0.834. The third-order valence-electron chi connectivity index (χ3n) is 2.46. The summed E-state index contributed by atoms with van der Waals surface area (Å²) in [7, 11) is 0. The normalized spacial score (nSPS) is 10.3. The number of nitrogens with one attached hydrogen (secondary N) is 1. The third-order valence-corrected chi connectivity index (χ3v) is 2.46. The van der Waals surface area contributed by atoms with E-state index in [0.29, 0.717) is 17.2 Å². The van der Waals surface area contributed by atoms with Crippen LogP contribution in [0.5, 0.6) is 0 Å². The highest BCUT2D eigenvalue weighted by molar-refractivity contribution is 5.61. The van der Waals surface area contributed by atoms with E-state index in [1.165, 1.54) is 12.1 Å². The molecule has 1 aromatic carbocycles. The minimum absolute atomic E-state index is 0.271. The fourth-order valence-electron chi connectivity index (χ4n) is 1.56. The number of pyridine rings is 1. The van der Waals surface area contributed by atoms with Crippen molar-refractivity contribution in [3.63, 3.8) is 0 Å². The third kappa shape index (κ3) is 2.72. The van der Waals surface area contributed by atoms with Gasteiger partial charge in [-0.1, -0.05) is 0 Å². The van der Waals surface area contributed by atoms with Gasteiger partial charge in [0.1, 0.15) is 11.6 Å². The van der Waals surface area contributed by atoms with Crippen molar-refractivity contribution in [1.29, 1.82) is 0 Å². The molecular weight excluding hydrogens is 217 g/mol. The van der Waals surface area contributed by atoms with Crippen molar-refractivity contribution in [2.75, 3.05) is 11.1 Å². The van der Waals surface area contributed by atoms with Crippen LogP contribution < -0.4 is 11.1 Å². The molecule has 2 rings (SSSR count). The fourth-order valence-corrected chi connectivity index (χ4v) is 1.56. The number of aryl methyl sites for hydroxylation is 2. The first kappa shape index (κ1) is 11.4. The SMILES string of the molecule is Cc1cc(F)cc(Nc2cc(N)c(C)cn2)c1. The van der Waals surface area contributed by atoms with Crippen molar-refractivity contribution < 1.29 is 4.39 Å². The molecule has 17 heavy (non-hydrogen) atoms. The van der Waals surface area contributed by atoms with E-state index < -0.39 is 0 Å². The Morgan fingerprint density at radius 2 is 1.94 bits per heavy atom. The van der Waals surface area contributed by atoms with E-state index in [1.54, 1.807) is 12.3 Å². The van der Waals surface area contributed by atoms with Crippen LogP contribution in [-0.2, 0) is 0 Å². The molecule has 3 N–H and O–H groups in total. The smallest absolute Gasteiger partial charge is 0.132 e. The lowest BCUT2D eigenvalue weighted by Crippen LogP contribution is -1.98. The van der Waals surface area contributed by atoms with Crippen molar-refractivity contribution in [3.8, 4) is 0 Å². The van der Waals surface area contributed by atoms with Crippen LogP contribution in [0.2, 0.25) is 0 Å². The highest BCUT2D eigenvalue weighted by Gasteiger charge is 2.01. The number of nitrogen functional groups attached to an aromatic ring is 1. The van der Waals surface area contributed by atoms with Crippen LogP contribution in [-0.4, -0.2) is 4.98 Å². The number of aromatic nitrogens is 1. The Morgan fingerprint density at radius 1 is 1.18 bits per heavy atom. The van der Waals surface area contributed by atoms with Crippen LogP contribution >= 0.6 is 0 Å². The summed E-state index contributed by atoms with van der Waals surface area (Å²) in [6, 6.07) is 6.48. The molecule has 88 valence electrons. The van der Waals surface area contributed by atoms with E-state index in [0.717, 1.165) is 11.1 Å². The van der Waals surface area contributed by atoms with Crippen LogP contribution in [0.1, 0.15) is 11.1 Å². The number of rotatable bonds is 2. The predicted molar refractivity (Wildman–Crippen MR) is 67.8 cm³/mol. The van der Waals surface area contributed by atoms with Gasteiger partial charge in [-0.25, -0.2) is 9.37 Å². The van der Waals surface area contributed by atoms with E-state index in [1.807, 2.05) is 19.9 Å². The van der Waals surface area contributed by atoms with E-state index in [2.05, 4.69) is 10.3 Å². The second-order valence-corrected chi connectivity index (χ2v) is 4.07. The van der Waals surface area contributed by atoms with Gasteiger partial charge in [-0.05, 0) is 43.2 Å². The summed E-state index contributed by atoms with van der Waals surface area (Å²) in [5.41, 5.74) is 8.88. The van der Waals surface area contributed by atoms with E-state index in [-0.39, 0.29) is 5.82 Å². The Morgan fingerprint density at radius 3 is 2.59 bits per heavy atom. The first-order valence-electron chi connectivity index (χ1n) is 5.31. The minimum Gasteiger partial charge on any atom is -0.398 e. The average molecular weight is 231 g/mol.